The van der Waals surface area contributed by atoms with Gasteiger partial charge in [-0.2, -0.15) is 4.57 Å². The summed E-state index contributed by atoms with van der Waals surface area (Å²) in [5.74, 6) is 2.74. The van der Waals surface area contributed by atoms with Gasteiger partial charge in [0.25, 0.3) is 0 Å². The van der Waals surface area contributed by atoms with E-state index in [0.29, 0.717) is 30.7 Å². The van der Waals surface area contributed by atoms with Crippen molar-refractivity contribution < 1.29 is 14.1 Å². The summed E-state index contributed by atoms with van der Waals surface area (Å²) in [6.07, 6.45) is 7.34. The molecule has 2 saturated carbocycles. The van der Waals surface area contributed by atoms with Gasteiger partial charge in [0.15, 0.2) is 12.2 Å². The number of carbonyl (C=O) groups excluding carboxylic acids is 1. The standard InChI is InChI=1S/C20H27N4O2S/c1-12-18(5-6-26-20(25)17-8-14-3-4-15(17)7-14)27-11-24(12)10-16-9-22-13(2)23-19(16)21/h9,11,14-15,17H,3-8,10H2,1-2H3,(H2,21,22,23)/q+1/t14-,15-,17-/m0/s1. The SMILES string of the molecule is Cc1ncc(C[n+]2csc(CCOC(=O)[C@H]3C[C@H]4CC[C@H]3C4)c2C)c(N)n1. The van der Waals surface area contributed by atoms with Gasteiger partial charge in [0, 0.05) is 19.5 Å². The number of hydrogen-bond acceptors (Lipinski definition) is 6. The molecule has 0 aliphatic heterocycles. The zero-order valence-electron chi connectivity index (χ0n) is 16.0. The van der Waals surface area contributed by atoms with Crippen LogP contribution in [0.5, 0.6) is 0 Å². The molecule has 2 heterocycles. The van der Waals surface area contributed by atoms with Crippen LogP contribution in [0.25, 0.3) is 0 Å². The minimum Gasteiger partial charge on any atom is -0.465 e. The van der Waals surface area contributed by atoms with Crippen LogP contribution in [0.15, 0.2) is 11.7 Å². The second kappa shape index (κ2) is 7.54. The summed E-state index contributed by atoms with van der Waals surface area (Å²) in [4.78, 5) is 22.1. The average molecular weight is 388 g/mol. The van der Waals surface area contributed by atoms with Crippen LogP contribution in [0, 0.1) is 31.6 Å². The number of esters is 1. The fraction of sp³-hybridized carbons (Fsp3) is 0.600. The Morgan fingerprint density at radius 3 is 2.93 bits per heavy atom. The third-order valence-electron chi connectivity index (χ3n) is 6.13. The van der Waals surface area contributed by atoms with E-state index in [1.807, 2.05) is 6.92 Å². The van der Waals surface area contributed by atoms with E-state index in [2.05, 4.69) is 27.0 Å². The number of nitrogens with zero attached hydrogens (tertiary/aromatic N) is 3. The Kier molecular flexibility index (Phi) is 5.12. The van der Waals surface area contributed by atoms with Gasteiger partial charge in [-0.3, -0.25) is 4.79 Å². The number of aromatic nitrogens is 3. The molecule has 144 valence electrons. The lowest BCUT2D eigenvalue weighted by Crippen LogP contribution is -2.35. The molecule has 2 aliphatic carbocycles. The molecular formula is C20H27N4O2S+. The van der Waals surface area contributed by atoms with Gasteiger partial charge in [-0.15, -0.1) is 0 Å². The first-order valence-corrected chi connectivity index (χ1v) is 10.6. The Balaban J connectivity index is 1.32. The summed E-state index contributed by atoms with van der Waals surface area (Å²) >= 11 is 1.69. The van der Waals surface area contributed by atoms with Crippen molar-refractivity contribution in [3.8, 4) is 0 Å². The fourth-order valence-electron chi connectivity index (χ4n) is 4.55. The molecule has 0 aromatic carbocycles. The van der Waals surface area contributed by atoms with Crippen LogP contribution < -0.4 is 10.3 Å². The summed E-state index contributed by atoms with van der Waals surface area (Å²) in [7, 11) is 0. The van der Waals surface area contributed by atoms with E-state index in [9.17, 15) is 4.79 Å². The number of aryl methyl sites for hydroxylation is 1. The van der Waals surface area contributed by atoms with Crippen LogP contribution in [0.4, 0.5) is 5.82 Å². The van der Waals surface area contributed by atoms with E-state index in [4.69, 9.17) is 10.5 Å². The number of anilines is 1. The van der Waals surface area contributed by atoms with Crippen molar-refractivity contribution in [3.63, 3.8) is 0 Å². The molecule has 0 amide bonds. The summed E-state index contributed by atoms with van der Waals surface area (Å²) in [6.45, 7) is 5.04. The first-order chi connectivity index (χ1) is 13.0. The smallest absolute Gasteiger partial charge is 0.309 e. The maximum Gasteiger partial charge on any atom is 0.309 e. The first-order valence-electron chi connectivity index (χ1n) is 9.72. The molecule has 4 rings (SSSR count). The van der Waals surface area contributed by atoms with Crippen molar-refractivity contribution in [3.05, 3.63) is 33.7 Å². The van der Waals surface area contributed by atoms with Crippen molar-refractivity contribution in [2.24, 2.45) is 17.8 Å². The van der Waals surface area contributed by atoms with E-state index in [1.54, 1.807) is 17.5 Å². The monoisotopic (exact) mass is 387 g/mol. The number of ether oxygens (including phenoxy) is 1. The molecule has 7 heteroatoms. The summed E-state index contributed by atoms with van der Waals surface area (Å²) in [6, 6.07) is 0. The van der Waals surface area contributed by atoms with Gasteiger partial charge in [0.05, 0.1) is 23.0 Å². The predicted molar refractivity (Wildman–Crippen MR) is 103 cm³/mol. The van der Waals surface area contributed by atoms with Gasteiger partial charge >= 0.3 is 5.97 Å². The third kappa shape index (κ3) is 3.83. The number of carbonyl (C=O) groups is 1. The van der Waals surface area contributed by atoms with E-state index in [1.165, 1.54) is 29.8 Å². The van der Waals surface area contributed by atoms with Gasteiger partial charge in [0.1, 0.15) is 11.6 Å². The quantitative estimate of drug-likeness (QED) is 0.609. The zero-order chi connectivity index (χ0) is 19.0. The number of rotatable bonds is 6. The zero-order valence-corrected chi connectivity index (χ0v) is 16.8. The Morgan fingerprint density at radius 1 is 1.37 bits per heavy atom. The molecule has 0 spiro atoms. The molecule has 0 radical (unpaired) electrons. The van der Waals surface area contributed by atoms with Gasteiger partial charge in [-0.25, -0.2) is 9.97 Å². The Bertz CT molecular complexity index is 851. The Hall–Kier alpha value is -2.02. The lowest BCUT2D eigenvalue weighted by atomic mass is 9.89. The number of fused-ring (bicyclic) bond motifs is 2. The molecule has 0 unspecified atom stereocenters. The van der Waals surface area contributed by atoms with Crippen molar-refractivity contribution >= 4 is 23.1 Å². The molecule has 27 heavy (non-hydrogen) atoms. The highest BCUT2D eigenvalue weighted by molar-refractivity contribution is 7.09. The number of thiazole rings is 1. The van der Waals surface area contributed by atoms with Crippen molar-refractivity contribution in [1.82, 2.24) is 9.97 Å². The maximum absolute atomic E-state index is 12.4. The highest BCUT2D eigenvalue weighted by Gasteiger charge is 2.43. The maximum atomic E-state index is 12.4. The minimum atomic E-state index is 0.0221. The molecule has 2 aromatic heterocycles. The molecule has 2 fully saturated rings. The Morgan fingerprint density at radius 2 is 2.22 bits per heavy atom. The third-order valence-corrected chi connectivity index (χ3v) is 7.27. The van der Waals surface area contributed by atoms with E-state index in [0.717, 1.165) is 24.3 Å². The number of nitrogens with two attached hydrogens (primary N) is 1. The molecule has 2 bridgehead atoms. The normalized spacial score (nSPS) is 23.7. The minimum absolute atomic E-state index is 0.0221. The van der Waals surface area contributed by atoms with E-state index in [-0.39, 0.29) is 11.9 Å². The van der Waals surface area contributed by atoms with Gasteiger partial charge in [0.2, 0.25) is 5.51 Å². The largest absolute Gasteiger partial charge is 0.465 e. The van der Waals surface area contributed by atoms with Crippen LogP contribution in [-0.2, 0) is 22.5 Å². The van der Waals surface area contributed by atoms with Crippen molar-refractivity contribution in [2.45, 2.75) is 52.5 Å². The number of nitrogen functional groups attached to an aromatic ring is 1. The van der Waals surface area contributed by atoms with E-state index < -0.39 is 0 Å². The molecule has 2 aromatic rings. The number of hydrogen-bond donors (Lipinski definition) is 1. The highest BCUT2D eigenvalue weighted by atomic mass is 32.1. The van der Waals surface area contributed by atoms with E-state index >= 15 is 0 Å². The molecule has 6 nitrogen and oxygen atoms in total. The van der Waals surface area contributed by atoms with Gasteiger partial charge in [-0.05, 0) is 38.0 Å². The summed E-state index contributed by atoms with van der Waals surface area (Å²) in [5, 5.41) is 0. The first kappa shape index (κ1) is 18.3. The highest BCUT2D eigenvalue weighted by Crippen LogP contribution is 2.48. The fourth-order valence-corrected chi connectivity index (χ4v) is 5.53. The summed E-state index contributed by atoms with van der Waals surface area (Å²) in [5.41, 5.74) is 10.2. The van der Waals surface area contributed by atoms with Crippen LogP contribution in [0.2, 0.25) is 0 Å². The van der Waals surface area contributed by atoms with Crippen LogP contribution in [0.1, 0.15) is 47.6 Å². The van der Waals surface area contributed by atoms with Gasteiger partial charge < -0.3 is 10.5 Å². The van der Waals surface area contributed by atoms with Crippen molar-refractivity contribution in [2.75, 3.05) is 12.3 Å². The molecule has 2 N–H and O–H groups in total. The molecule has 3 atom stereocenters. The van der Waals surface area contributed by atoms with Crippen LogP contribution in [-0.4, -0.2) is 22.5 Å². The van der Waals surface area contributed by atoms with Crippen LogP contribution in [0.3, 0.4) is 0 Å². The molecule has 2 aliphatic rings. The summed E-state index contributed by atoms with van der Waals surface area (Å²) < 4.78 is 7.77. The lowest BCUT2D eigenvalue weighted by molar-refractivity contribution is -0.689. The second-order valence-corrected chi connectivity index (χ2v) is 8.83. The van der Waals surface area contributed by atoms with Crippen molar-refractivity contribution in [1.29, 1.82) is 0 Å². The predicted octanol–water partition coefficient (Wildman–Crippen LogP) is 2.59. The Labute approximate surface area is 163 Å². The van der Waals surface area contributed by atoms with Gasteiger partial charge in [-0.1, -0.05) is 17.8 Å². The van der Waals surface area contributed by atoms with Crippen LogP contribution >= 0.6 is 11.3 Å². The second-order valence-electron chi connectivity index (χ2n) is 7.89. The lowest BCUT2D eigenvalue weighted by Gasteiger charge is -2.19. The molecule has 0 saturated heterocycles. The topological polar surface area (TPSA) is 82.0 Å². The molecular weight excluding hydrogens is 360 g/mol. The average Bonchev–Trinajstić information content (AvgIpc) is 3.35.